The third kappa shape index (κ3) is 5.65. The quantitative estimate of drug-likeness (QED) is 0.157. The van der Waals surface area contributed by atoms with Crippen LogP contribution >= 0.6 is 0 Å². The van der Waals surface area contributed by atoms with E-state index in [0.29, 0.717) is 0 Å². The standard InChI is InChI=1S/C58H37NO/c1-2-18-47-39(12-1)13-11-24-48(47)43-16-9-14-40(34-43)41-15-10-17-45(35-41)59(46-31-32-53-51-21-4-3-19-49(51)50-20-5-6-22-52(50)55(53)37-46)44-29-26-38(27-30-44)42-28-33-58-56(36-42)54-23-7-8-25-57(54)60-58/h1-37H. The van der Waals surface area contributed by atoms with Gasteiger partial charge in [-0.1, -0.05) is 164 Å². The van der Waals surface area contributed by atoms with Gasteiger partial charge in [0.2, 0.25) is 0 Å². The van der Waals surface area contributed by atoms with Crippen molar-refractivity contribution in [2.45, 2.75) is 0 Å². The Bertz CT molecular complexity index is 3570. The van der Waals surface area contributed by atoms with Crippen molar-refractivity contribution in [3.63, 3.8) is 0 Å². The van der Waals surface area contributed by atoms with Gasteiger partial charge in [-0.2, -0.15) is 0 Å². The minimum absolute atomic E-state index is 0.905. The van der Waals surface area contributed by atoms with Crippen LogP contribution in [0.5, 0.6) is 0 Å². The third-order valence-electron chi connectivity index (χ3n) is 12.2. The smallest absolute Gasteiger partial charge is 0.135 e. The van der Waals surface area contributed by atoms with Crippen molar-refractivity contribution in [1.82, 2.24) is 0 Å². The van der Waals surface area contributed by atoms with Crippen LogP contribution < -0.4 is 4.90 Å². The van der Waals surface area contributed by atoms with E-state index in [4.69, 9.17) is 4.42 Å². The summed E-state index contributed by atoms with van der Waals surface area (Å²) < 4.78 is 6.15. The van der Waals surface area contributed by atoms with E-state index in [2.05, 4.69) is 217 Å². The summed E-state index contributed by atoms with van der Waals surface area (Å²) in [5.74, 6) is 0. The van der Waals surface area contributed by atoms with Gasteiger partial charge in [0.05, 0.1) is 0 Å². The van der Waals surface area contributed by atoms with Gasteiger partial charge >= 0.3 is 0 Å². The van der Waals surface area contributed by atoms with Crippen LogP contribution in [0.3, 0.4) is 0 Å². The number of anilines is 3. The van der Waals surface area contributed by atoms with Gasteiger partial charge in [-0.05, 0) is 137 Å². The lowest BCUT2D eigenvalue weighted by molar-refractivity contribution is 0.669. The molecule has 0 amide bonds. The first kappa shape index (κ1) is 34.1. The van der Waals surface area contributed by atoms with Crippen molar-refractivity contribution in [2.75, 3.05) is 4.90 Å². The van der Waals surface area contributed by atoms with E-state index in [9.17, 15) is 0 Å². The highest BCUT2D eigenvalue weighted by Crippen LogP contribution is 2.43. The van der Waals surface area contributed by atoms with Crippen LogP contribution in [0, 0.1) is 0 Å². The molecule has 0 N–H and O–H groups in total. The molecule has 2 heteroatoms. The summed E-state index contributed by atoms with van der Waals surface area (Å²) in [7, 11) is 0. The van der Waals surface area contributed by atoms with E-state index >= 15 is 0 Å². The molecule has 12 aromatic rings. The number of benzene rings is 11. The average molecular weight is 764 g/mol. The molecule has 0 radical (unpaired) electrons. The summed E-state index contributed by atoms with van der Waals surface area (Å²) in [6, 6.07) is 81.4. The summed E-state index contributed by atoms with van der Waals surface area (Å²) in [6.45, 7) is 0. The highest BCUT2D eigenvalue weighted by molar-refractivity contribution is 6.25. The topological polar surface area (TPSA) is 16.4 Å². The summed E-state index contributed by atoms with van der Waals surface area (Å²) in [4.78, 5) is 2.40. The van der Waals surface area contributed by atoms with E-state index in [1.54, 1.807) is 0 Å². The normalized spacial score (nSPS) is 11.7. The van der Waals surface area contributed by atoms with Crippen LogP contribution in [0.2, 0.25) is 0 Å². The van der Waals surface area contributed by atoms with E-state index in [-0.39, 0.29) is 0 Å². The van der Waals surface area contributed by atoms with Crippen molar-refractivity contribution in [2.24, 2.45) is 0 Å². The van der Waals surface area contributed by atoms with Crippen molar-refractivity contribution < 1.29 is 4.42 Å². The molecule has 280 valence electrons. The number of furan rings is 1. The molecule has 1 aromatic heterocycles. The van der Waals surface area contributed by atoms with Crippen LogP contribution in [-0.4, -0.2) is 0 Å². The number of fused-ring (bicyclic) bond motifs is 10. The summed E-state index contributed by atoms with van der Waals surface area (Å²) in [6.07, 6.45) is 0. The zero-order chi connectivity index (χ0) is 39.6. The summed E-state index contributed by atoms with van der Waals surface area (Å²) in [5, 5.41) is 12.3. The van der Waals surface area contributed by atoms with Gasteiger partial charge in [0.15, 0.2) is 0 Å². The monoisotopic (exact) mass is 763 g/mol. The number of rotatable bonds is 6. The molecule has 0 saturated carbocycles. The van der Waals surface area contributed by atoms with Gasteiger partial charge in [0, 0.05) is 27.8 Å². The first-order valence-electron chi connectivity index (χ1n) is 20.6. The zero-order valence-electron chi connectivity index (χ0n) is 32.7. The summed E-state index contributed by atoms with van der Waals surface area (Å²) in [5.41, 5.74) is 12.2. The lowest BCUT2D eigenvalue weighted by Crippen LogP contribution is -2.10. The Morgan fingerprint density at radius 1 is 0.250 bits per heavy atom. The third-order valence-corrected chi connectivity index (χ3v) is 12.2. The Hall–Kier alpha value is -7.94. The second-order valence-corrected chi connectivity index (χ2v) is 15.7. The van der Waals surface area contributed by atoms with E-state index in [1.165, 1.54) is 59.8 Å². The fourth-order valence-corrected chi connectivity index (χ4v) is 9.36. The minimum atomic E-state index is 0.905. The Morgan fingerprint density at radius 3 is 1.55 bits per heavy atom. The SMILES string of the molecule is c1cc(-c2cccc(N(c3ccc(-c4ccc5oc6ccccc6c5c4)cc3)c3ccc4c5ccccc5c5ccccc5c4c3)c2)cc(-c2cccc3ccccc23)c1. The second-order valence-electron chi connectivity index (χ2n) is 15.7. The maximum atomic E-state index is 6.15. The van der Waals surface area contributed by atoms with Gasteiger partial charge in [-0.15, -0.1) is 0 Å². The Kier molecular flexibility index (Phi) is 7.89. The van der Waals surface area contributed by atoms with E-state index < -0.39 is 0 Å². The summed E-state index contributed by atoms with van der Waals surface area (Å²) >= 11 is 0. The second kappa shape index (κ2) is 13.9. The van der Waals surface area contributed by atoms with Crippen molar-refractivity contribution in [3.8, 4) is 33.4 Å². The first-order valence-corrected chi connectivity index (χ1v) is 20.6. The molecule has 1 heterocycles. The van der Waals surface area contributed by atoms with E-state index in [0.717, 1.165) is 55.7 Å². The predicted octanol–water partition coefficient (Wildman–Crippen LogP) is 16.7. The zero-order valence-corrected chi connectivity index (χ0v) is 32.7. The molecule has 0 bridgehead atoms. The van der Waals surface area contributed by atoms with Crippen LogP contribution in [0.1, 0.15) is 0 Å². The number of para-hydroxylation sites is 1. The molecule has 0 fully saturated rings. The van der Waals surface area contributed by atoms with Gasteiger partial charge < -0.3 is 9.32 Å². The van der Waals surface area contributed by atoms with Gasteiger partial charge in [0.1, 0.15) is 11.2 Å². The van der Waals surface area contributed by atoms with Crippen LogP contribution in [0.25, 0.3) is 98.4 Å². The van der Waals surface area contributed by atoms with Crippen molar-refractivity contribution >= 4 is 82.1 Å². The fraction of sp³-hybridized carbons (Fsp3) is 0. The van der Waals surface area contributed by atoms with Crippen LogP contribution in [0.4, 0.5) is 17.1 Å². The number of hydrogen-bond donors (Lipinski definition) is 0. The molecule has 0 spiro atoms. The van der Waals surface area contributed by atoms with Crippen LogP contribution in [0.15, 0.2) is 229 Å². The highest BCUT2D eigenvalue weighted by atomic mass is 16.3. The van der Waals surface area contributed by atoms with Gasteiger partial charge in [0.25, 0.3) is 0 Å². The van der Waals surface area contributed by atoms with Crippen molar-refractivity contribution in [3.05, 3.63) is 224 Å². The molecule has 2 nitrogen and oxygen atoms in total. The molecule has 0 atom stereocenters. The maximum absolute atomic E-state index is 6.15. The molecule has 0 aliphatic heterocycles. The molecule has 12 rings (SSSR count). The van der Waals surface area contributed by atoms with Gasteiger partial charge in [-0.3, -0.25) is 0 Å². The molecule has 11 aromatic carbocycles. The molecular weight excluding hydrogens is 727 g/mol. The molecule has 0 aliphatic rings. The molecule has 60 heavy (non-hydrogen) atoms. The molecular formula is C58H37NO. The Balaban J connectivity index is 1.01. The first-order chi connectivity index (χ1) is 29.7. The predicted molar refractivity (Wildman–Crippen MR) is 255 cm³/mol. The minimum Gasteiger partial charge on any atom is -0.456 e. The molecule has 0 aliphatic carbocycles. The number of hydrogen-bond acceptors (Lipinski definition) is 2. The van der Waals surface area contributed by atoms with E-state index in [1.807, 2.05) is 12.1 Å². The largest absolute Gasteiger partial charge is 0.456 e. The highest BCUT2D eigenvalue weighted by Gasteiger charge is 2.18. The Labute approximate surface area is 347 Å². The van der Waals surface area contributed by atoms with Crippen molar-refractivity contribution in [1.29, 1.82) is 0 Å². The lowest BCUT2D eigenvalue weighted by Gasteiger charge is -2.27. The fourth-order valence-electron chi connectivity index (χ4n) is 9.36. The molecule has 0 saturated heterocycles. The molecule has 0 unspecified atom stereocenters. The number of nitrogens with zero attached hydrogens (tertiary/aromatic N) is 1. The maximum Gasteiger partial charge on any atom is 0.135 e. The van der Waals surface area contributed by atoms with Crippen LogP contribution in [-0.2, 0) is 0 Å². The average Bonchev–Trinajstić information content (AvgIpc) is 3.70. The van der Waals surface area contributed by atoms with Gasteiger partial charge in [-0.25, -0.2) is 0 Å². The lowest BCUT2D eigenvalue weighted by atomic mass is 9.93. The Morgan fingerprint density at radius 2 is 0.767 bits per heavy atom.